The third-order valence-electron chi connectivity index (χ3n) is 6.08. The van der Waals surface area contributed by atoms with E-state index in [9.17, 15) is 9.59 Å². The molecule has 0 saturated heterocycles. The zero-order valence-electron chi connectivity index (χ0n) is 22.2. The normalized spacial score (nSPS) is 10.7. The monoisotopic (exact) mass is 532 g/mol. The van der Waals surface area contributed by atoms with Gasteiger partial charge in [0.1, 0.15) is 17.3 Å². The highest BCUT2D eigenvalue weighted by Gasteiger charge is 2.15. The molecule has 0 fully saturated rings. The van der Waals surface area contributed by atoms with Gasteiger partial charge in [0.15, 0.2) is 0 Å². The number of ether oxygens (including phenoxy) is 3. The third kappa shape index (κ3) is 7.02. The second-order valence-electron chi connectivity index (χ2n) is 8.65. The molecule has 11 heteroatoms. The summed E-state index contributed by atoms with van der Waals surface area (Å²) >= 11 is 0. The van der Waals surface area contributed by atoms with Crippen LogP contribution in [0.3, 0.4) is 0 Å². The molecule has 0 aliphatic rings. The maximum atomic E-state index is 13.7. The van der Waals surface area contributed by atoms with Crippen molar-refractivity contribution in [3.05, 3.63) is 105 Å². The second-order valence-corrected chi connectivity index (χ2v) is 8.65. The van der Waals surface area contributed by atoms with Crippen LogP contribution in [0.5, 0.6) is 11.5 Å². The Balaban J connectivity index is 1.67. The predicted octanol–water partition coefficient (Wildman–Crippen LogP) is 2.58. The van der Waals surface area contributed by atoms with Crippen molar-refractivity contribution in [3.63, 3.8) is 0 Å². The molecule has 2 heterocycles. The first-order valence-corrected chi connectivity index (χ1v) is 12.4. The van der Waals surface area contributed by atoms with Gasteiger partial charge in [0.25, 0.3) is 0 Å². The highest BCUT2D eigenvalue weighted by atomic mass is 16.5. The summed E-state index contributed by atoms with van der Waals surface area (Å²) in [6.45, 7) is 1.68. The molecule has 0 spiro atoms. The number of nitrogens with zero attached hydrogens (tertiary/aromatic N) is 4. The fourth-order valence-electron chi connectivity index (χ4n) is 3.96. The Hall–Kier alpha value is -4.64. The van der Waals surface area contributed by atoms with Crippen LogP contribution < -0.4 is 31.5 Å². The Bertz CT molecular complexity index is 1480. The Morgan fingerprint density at radius 2 is 1.41 bits per heavy atom. The van der Waals surface area contributed by atoms with E-state index >= 15 is 0 Å². The number of benzene rings is 2. The summed E-state index contributed by atoms with van der Waals surface area (Å²) in [6, 6.07) is 18.3. The van der Waals surface area contributed by atoms with Gasteiger partial charge in [-0.25, -0.2) is 19.1 Å². The van der Waals surface area contributed by atoms with Crippen molar-refractivity contribution in [2.24, 2.45) is 0 Å². The molecule has 0 saturated carbocycles. The summed E-state index contributed by atoms with van der Waals surface area (Å²) in [5.74, 6) is 2.24. The van der Waals surface area contributed by atoms with Gasteiger partial charge in [-0.1, -0.05) is 30.3 Å². The van der Waals surface area contributed by atoms with Gasteiger partial charge in [0.2, 0.25) is 5.95 Å². The molecule has 2 aromatic heterocycles. The van der Waals surface area contributed by atoms with E-state index in [0.29, 0.717) is 37.0 Å². The van der Waals surface area contributed by atoms with Crippen LogP contribution in [0, 0.1) is 0 Å². The van der Waals surface area contributed by atoms with Crippen LogP contribution in [-0.4, -0.2) is 53.6 Å². The van der Waals surface area contributed by atoms with Gasteiger partial charge in [-0.3, -0.25) is 4.57 Å². The van der Waals surface area contributed by atoms with Gasteiger partial charge in [0, 0.05) is 32.0 Å². The zero-order valence-corrected chi connectivity index (χ0v) is 22.2. The zero-order chi connectivity index (χ0) is 27.6. The lowest BCUT2D eigenvalue weighted by molar-refractivity contribution is 0.210. The van der Waals surface area contributed by atoms with Gasteiger partial charge >= 0.3 is 11.4 Å². The van der Waals surface area contributed by atoms with Crippen LogP contribution in [0.15, 0.2) is 76.4 Å². The third-order valence-corrected chi connectivity index (χ3v) is 6.08. The summed E-state index contributed by atoms with van der Waals surface area (Å²) in [5, 5.41) is 6.41. The molecule has 0 aliphatic carbocycles. The number of aromatic nitrogens is 4. The van der Waals surface area contributed by atoms with Crippen LogP contribution in [0.1, 0.15) is 16.7 Å². The predicted molar refractivity (Wildman–Crippen MR) is 149 cm³/mol. The average Bonchev–Trinajstić information content (AvgIpc) is 2.97. The van der Waals surface area contributed by atoms with Crippen molar-refractivity contribution in [1.29, 1.82) is 0 Å². The Kier molecular flexibility index (Phi) is 9.30. The Morgan fingerprint density at radius 3 is 2.00 bits per heavy atom. The Morgan fingerprint density at radius 1 is 0.795 bits per heavy atom. The van der Waals surface area contributed by atoms with Crippen molar-refractivity contribution in [2.45, 2.75) is 19.6 Å². The number of anilines is 2. The highest BCUT2D eigenvalue weighted by molar-refractivity contribution is 5.45. The molecule has 39 heavy (non-hydrogen) atoms. The highest BCUT2D eigenvalue weighted by Crippen LogP contribution is 2.16. The van der Waals surface area contributed by atoms with E-state index in [0.717, 1.165) is 21.3 Å². The quantitative estimate of drug-likeness (QED) is 0.250. The van der Waals surface area contributed by atoms with Crippen molar-refractivity contribution in [1.82, 2.24) is 19.1 Å². The molecule has 0 atom stereocenters. The first kappa shape index (κ1) is 27.4. The molecular formula is C28H32N6O5. The summed E-state index contributed by atoms with van der Waals surface area (Å²) < 4.78 is 18.1. The SMILES string of the molecule is COCCNc1ncccc1CNc1nc(=O)n(Cc2ccc(OC)cc2)c(=O)n1Cc1ccc(OC)cc1. The molecule has 4 aromatic rings. The molecule has 0 unspecified atom stereocenters. The van der Waals surface area contributed by atoms with Gasteiger partial charge in [-0.05, 0) is 41.5 Å². The molecule has 2 N–H and O–H groups in total. The van der Waals surface area contributed by atoms with Gasteiger partial charge in [-0.2, -0.15) is 4.98 Å². The molecule has 0 radical (unpaired) electrons. The smallest absolute Gasteiger partial charge is 0.355 e. The summed E-state index contributed by atoms with van der Waals surface area (Å²) in [6.07, 6.45) is 1.69. The molecule has 0 amide bonds. The number of hydrogen-bond donors (Lipinski definition) is 2. The van der Waals surface area contributed by atoms with E-state index in [1.54, 1.807) is 39.7 Å². The van der Waals surface area contributed by atoms with Gasteiger partial charge < -0.3 is 24.8 Å². The number of methoxy groups -OCH3 is 3. The first-order chi connectivity index (χ1) is 19.0. The van der Waals surface area contributed by atoms with Gasteiger partial charge in [-0.15, -0.1) is 0 Å². The lowest BCUT2D eigenvalue weighted by Crippen LogP contribution is -2.43. The molecule has 4 rings (SSSR count). The standard InChI is InChI=1S/C28H32N6O5/c1-37-16-15-30-25-22(5-4-14-29-25)17-31-26-32-27(35)34(19-21-8-12-24(39-3)13-9-21)28(36)33(26)18-20-6-10-23(38-2)11-7-20/h4-14H,15-19H2,1-3H3,(H,29,30)(H,31,32,35). The van der Waals surface area contributed by atoms with Crippen LogP contribution >= 0.6 is 0 Å². The maximum absolute atomic E-state index is 13.7. The largest absolute Gasteiger partial charge is 0.497 e. The van der Waals surface area contributed by atoms with Gasteiger partial charge in [0.05, 0.1) is 33.9 Å². The second kappa shape index (κ2) is 13.2. The van der Waals surface area contributed by atoms with Crippen molar-refractivity contribution >= 4 is 11.8 Å². The van der Waals surface area contributed by atoms with E-state index in [4.69, 9.17) is 14.2 Å². The van der Waals surface area contributed by atoms with Crippen LogP contribution in [0.25, 0.3) is 0 Å². The van der Waals surface area contributed by atoms with Crippen molar-refractivity contribution < 1.29 is 14.2 Å². The summed E-state index contributed by atoms with van der Waals surface area (Å²) in [5.41, 5.74) is 1.35. The molecule has 0 aliphatic heterocycles. The van der Waals surface area contributed by atoms with E-state index in [2.05, 4.69) is 20.6 Å². The fraction of sp³-hybridized carbons (Fsp3) is 0.286. The molecule has 2 aromatic carbocycles. The van der Waals surface area contributed by atoms with E-state index < -0.39 is 11.4 Å². The molecule has 11 nitrogen and oxygen atoms in total. The molecular weight excluding hydrogens is 500 g/mol. The minimum Gasteiger partial charge on any atom is -0.497 e. The van der Waals surface area contributed by atoms with Crippen LogP contribution in [0.4, 0.5) is 11.8 Å². The number of pyridine rings is 1. The lowest BCUT2D eigenvalue weighted by atomic mass is 10.2. The van der Waals surface area contributed by atoms with E-state index in [-0.39, 0.29) is 19.0 Å². The van der Waals surface area contributed by atoms with E-state index in [1.165, 1.54) is 4.57 Å². The molecule has 204 valence electrons. The Labute approximate surface area is 226 Å². The summed E-state index contributed by atoms with van der Waals surface area (Å²) in [4.78, 5) is 35.4. The fourth-order valence-corrected chi connectivity index (χ4v) is 3.96. The topological polar surface area (TPSA) is 122 Å². The minimum absolute atomic E-state index is 0.0771. The van der Waals surface area contributed by atoms with Crippen molar-refractivity contribution in [3.8, 4) is 11.5 Å². The average molecular weight is 533 g/mol. The number of hydrogen-bond acceptors (Lipinski definition) is 9. The van der Waals surface area contributed by atoms with Crippen LogP contribution in [-0.2, 0) is 24.4 Å². The van der Waals surface area contributed by atoms with E-state index in [1.807, 2.05) is 48.5 Å². The lowest BCUT2D eigenvalue weighted by Gasteiger charge is -2.17. The summed E-state index contributed by atoms with van der Waals surface area (Å²) in [7, 11) is 4.81. The van der Waals surface area contributed by atoms with Crippen molar-refractivity contribution in [2.75, 3.05) is 45.1 Å². The van der Waals surface area contributed by atoms with Crippen LogP contribution in [0.2, 0.25) is 0 Å². The molecule has 0 bridgehead atoms. The minimum atomic E-state index is -0.645. The number of nitrogens with one attached hydrogen (secondary N) is 2. The maximum Gasteiger partial charge on any atom is 0.355 e. The number of rotatable bonds is 13. The first-order valence-electron chi connectivity index (χ1n) is 12.4.